The molecule has 7 heteroatoms. The Bertz CT molecular complexity index is 1550. The zero-order valence-electron chi connectivity index (χ0n) is 21.5. The van der Waals surface area contributed by atoms with Crippen LogP contribution >= 0.6 is 0 Å². The lowest BCUT2D eigenvalue weighted by Gasteiger charge is -2.29. The molecule has 1 aliphatic rings. The molecular weight excluding hydrogens is 476 g/mol. The maximum atomic E-state index is 14.3. The van der Waals surface area contributed by atoms with E-state index >= 15 is 0 Å². The Morgan fingerprint density at radius 2 is 1.81 bits per heavy atom. The van der Waals surface area contributed by atoms with Crippen LogP contribution in [0.4, 0.5) is 8.78 Å². The standard InChI is InChI=1S/C30H29F2NO4/c1-15-6-7-18-20(22(15)28(31)32)14-16(2)23(27(29(34)35)37-30(3,4)5)25(18)19-8-9-21-24-17(11-13-36-21)10-12-33-26(19)24/h6-10,12,14,27-28H,11,13H2,1-5H3,(H,34,35)/t27-/m0/s1. The quantitative estimate of drug-likeness (QED) is 0.304. The maximum Gasteiger partial charge on any atom is 0.337 e. The van der Waals surface area contributed by atoms with E-state index in [1.807, 2.05) is 18.2 Å². The van der Waals surface area contributed by atoms with Crippen molar-refractivity contribution < 1.29 is 28.2 Å². The predicted molar refractivity (Wildman–Crippen MR) is 140 cm³/mol. The fraction of sp³-hybridized carbons (Fsp3) is 0.333. The van der Waals surface area contributed by atoms with E-state index in [1.54, 1.807) is 59.0 Å². The van der Waals surface area contributed by atoms with Crippen molar-refractivity contribution in [1.29, 1.82) is 0 Å². The number of nitrogens with zero attached hydrogens (tertiary/aromatic N) is 1. The molecule has 0 saturated carbocycles. The van der Waals surface area contributed by atoms with Crippen molar-refractivity contribution in [3.8, 4) is 16.9 Å². The molecule has 1 aliphatic heterocycles. The Hall–Kier alpha value is -3.58. The largest absolute Gasteiger partial charge is 0.493 e. The molecule has 0 saturated heterocycles. The number of halogens is 2. The summed E-state index contributed by atoms with van der Waals surface area (Å²) >= 11 is 0. The molecule has 0 aliphatic carbocycles. The van der Waals surface area contributed by atoms with E-state index in [1.165, 1.54) is 0 Å². The number of rotatable bonds is 5. The van der Waals surface area contributed by atoms with Crippen LogP contribution in [-0.2, 0) is 16.0 Å². The second-order valence-corrected chi connectivity index (χ2v) is 10.5. The summed E-state index contributed by atoms with van der Waals surface area (Å²) in [4.78, 5) is 17.3. The monoisotopic (exact) mass is 505 g/mol. The van der Waals surface area contributed by atoms with Crippen LogP contribution in [-0.4, -0.2) is 28.3 Å². The van der Waals surface area contributed by atoms with E-state index in [2.05, 4.69) is 4.98 Å². The molecule has 0 unspecified atom stereocenters. The van der Waals surface area contributed by atoms with E-state index in [4.69, 9.17) is 9.47 Å². The minimum Gasteiger partial charge on any atom is -0.493 e. The smallest absolute Gasteiger partial charge is 0.337 e. The van der Waals surface area contributed by atoms with Gasteiger partial charge in [-0.25, -0.2) is 13.6 Å². The van der Waals surface area contributed by atoms with E-state index < -0.39 is 24.1 Å². The fourth-order valence-electron chi connectivity index (χ4n) is 5.36. The Balaban J connectivity index is 1.96. The Morgan fingerprint density at radius 3 is 2.49 bits per heavy atom. The highest BCUT2D eigenvalue weighted by molar-refractivity contribution is 6.09. The summed E-state index contributed by atoms with van der Waals surface area (Å²) in [6.07, 6.45) is -1.57. The molecule has 0 bridgehead atoms. The number of ether oxygens (including phenoxy) is 2. The van der Waals surface area contributed by atoms with Gasteiger partial charge in [0.2, 0.25) is 0 Å². The average molecular weight is 506 g/mol. The summed E-state index contributed by atoms with van der Waals surface area (Å²) in [6, 6.07) is 10.8. The summed E-state index contributed by atoms with van der Waals surface area (Å²) in [5.74, 6) is -0.449. The number of hydrogen-bond acceptors (Lipinski definition) is 4. The molecule has 3 aromatic carbocycles. The molecule has 0 amide bonds. The van der Waals surface area contributed by atoms with Gasteiger partial charge in [0, 0.05) is 34.7 Å². The van der Waals surface area contributed by atoms with Crippen LogP contribution in [0.25, 0.3) is 32.8 Å². The minimum atomic E-state index is -2.69. The summed E-state index contributed by atoms with van der Waals surface area (Å²) in [6.45, 7) is 9.34. The molecule has 0 fully saturated rings. The highest BCUT2D eigenvalue weighted by Gasteiger charge is 2.33. The molecule has 5 rings (SSSR count). The van der Waals surface area contributed by atoms with Crippen molar-refractivity contribution in [3.05, 3.63) is 70.4 Å². The summed E-state index contributed by atoms with van der Waals surface area (Å²) < 4.78 is 40.6. The lowest BCUT2D eigenvalue weighted by molar-refractivity contribution is -0.160. The number of pyridine rings is 1. The van der Waals surface area contributed by atoms with Crippen LogP contribution in [0.1, 0.15) is 61.1 Å². The first kappa shape index (κ1) is 25.1. The molecule has 4 aromatic rings. The van der Waals surface area contributed by atoms with Gasteiger partial charge in [-0.3, -0.25) is 4.98 Å². The van der Waals surface area contributed by atoms with Gasteiger partial charge in [-0.2, -0.15) is 0 Å². The number of aryl methyl sites for hydroxylation is 2. The molecule has 2 heterocycles. The number of benzene rings is 3. The molecule has 1 N–H and O–H groups in total. The summed E-state index contributed by atoms with van der Waals surface area (Å²) in [5.41, 5.74) is 3.55. The topological polar surface area (TPSA) is 68.7 Å². The third kappa shape index (κ3) is 4.31. The molecule has 37 heavy (non-hydrogen) atoms. The molecule has 1 aromatic heterocycles. The van der Waals surface area contributed by atoms with Gasteiger partial charge < -0.3 is 14.6 Å². The van der Waals surface area contributed by atoms with Crippen LogP contribution in [0.5, 0.6) is 5.75 Å². The second-order valence-electron chi connectivity index (χ2n) is 10.5. The first-order valence-electron chi connectivity index (χ1n) is 12.3. The maximum absolute atomic E-state index is 14.3. The highest BCUT2D eigenvalue weighted by atomic mass is 19.3. The summed E-state index contributed by atoms with van der Waals surface area (Å²) in [7, 11) is 0. The summed E-state index contributed by atoms with van der Waals surface area (Å²) in [5, 5.41) is 12.1. The van der Waals surface area contributed by atoms with Crippen LogP contribution in [0.3, 0.4) is 0 Å². The Morgan fingerprint density at radius 1 is 1.05 bits per heavy atom. The van der Waals surface area contributed by atoms with E-state index in [0.29, 0.717) is 56.5 Å². The number of fused-ring (bicyclic) bond motifs is 1. The average Bonchev–Trinajstić information content (AvgIpc) is 2.82. The van der Waals surface area contributed by atoms with Gasteiger partial charge in [-0.05, 0) is 85.8 Å². The number of hydrogen-bond donors (Lipinski definition) is 1. The lowest BCUT2D eigenvalue weighted by Crippen LogP contribution is -2.28. The van der Waals surface area contributed by atoms with Crippen molar-refractivity contribution >= 4 is 27.6 Å². The van der Waals surface area contributed by atoms with E-state index in [-0.39, 0.29) is 5.56 Å². The molecule has 1 atom stereocenters. The normalized spacial score (nSPS) is 14.3. The number of aromatic nitrogens is 1. The Labute approximate surface area is 214 Å². The zero-order valence-corrected chi connectivity index (χ0v) is 21.5. The first-order valence-corrected chi connectivity index (χ1v) is 12.3. The first-order chi connectivity index (χ1) is 17.5. The number of aliphatic carboxylic acids is 1. The molecule has 0 radical (unpaired) electrons. The second kappa shape index (κ2) is 9.06. The third-order valence-corrected chi connectivity index (χ3v) is 6.84. The zero-order chi connectivity index (χ0) is 26.6. The number of carboxylic acid groups (broad SMARTS) is 1. The van der Waals surface area contributed by atoms with Gasteiger partial charge in [-0.15, -0.1) is 0 Å². The van der Waals surface area contributed by atoms with Crippen molar-refractivity contribution in [2.45, 2.75) is 59.2 Å². The van der Waals surface area contributed by atoms with Crippen LogP contribution in [0, 0.1) is 13.8 Å². The van der Waals surface area contributed by atoms with Gasteiger partial charge in [0.25, 0.3) is 6.43 Å². The van der Waals surface area contributed by atoms with Gasteiger partial charge in [0.05, 0.1) is 17.7 Å². The molecule has 5 nitrogen and oxygen atoms in total. The van der Waals surface area contributed by atoms with Crippen molar-refractivity contribution in [1.82, 2.24) is 4.98 Å². The molecule has 192 valence electrons. The Kier molecular flexibility index (Phi) is 6.15. The fourth-order valence-corrected chi connectivity index (χ4v) is 5.36. The van der Waals surface area contributed by atoms with Crippen molar-refractivity contribution in [3.63, 3.8) is 0 Å². The number of carboxylic acids is 1. The lowest BCUT2D eigenvalue weighted by atomic mass is 9.84. The van der Waals surface area contributed by atoms with Gasteiger partial charge in [-0.1, -0.05) is 18.2 Å². The van der Waals surface area contributed by atoms with E-state index in [9.17, 15) is 18.7 Å². The van der Waals surface area contributed by atoms with Crippen LogP contribution in [0.15, 0.2) is 42.6 Å². The minimum absolute atomic E-state index is 0.0592. The van der Waals surface area contributed by atoms with Crippen molar-refractivity contribution in [2.24, 2.45) is 0 Å². The van der Waals surface area contributed by atoms with Crippen molar-refractivity contribution in [2.75, 3.05) is 6.61 Å². The predicted octanol–water partition coefficient (Wildman–Crippen LogP) is 7.49. The van der Waals surface area contributed by atoms with Gasteiger partial charge in [0.15, 0.2) is 6.10 Å². The van der Waals surface area contributed by atoms with Crippen LogP contribution < -0.4 is 4.74 Å². The number of carbonyl (C=O) groups is 1. The third-order valence-electron chi connectivity index (χ3n) is 6.84. The SMILES string of the molecule is Cc1cc2c(C(F)F)c(C)ccc2c(-c2ccc3c4c(ccnc24)CCO3)c1[C@H](OC(C)(C)C)C(=O)O. The number of alkyl halides is 2. The van der Waals surface area contributed by atoms with Crippen LogP contribution in [0.2, 0.25) is 0 Å². The molecular formula is C30H29F2NO4. The highest BCUT2D eigenvalue weighted by Crippen LogP contribution is 2.46. The van der Waals surface area contributed by atoms with Gasteiger partial charge >= 0.3 is 5.97 Å². The molecule has 0 spiro atoms. The van der Waals surface area contributed by atoms with Gasteiger partial charge in [0.1, 0.15) is 5.75 Å². The van der Waals surface area contributed by atoms with E-state index in [0.717, 1.165) is 17.4 Å².